The SMILES string of the molecule is CC(C)Oc1nc(CN)cc(-c2cnc(C(F)(F)F)nc2)n1. The Morgan fingerprint density at radius 1 is 1.18 bits per heavy atom. The lowest BCUT2D eigenvalue weighted by molar-refractivity contribution is -0.144. The van der Waals surface area contributed by atoms with Crippen molar-refractivity contribution in [3.63, 3.8) is 0 Å². The van der Waals surface area contributed by atoms with E-state index in [1.165, 1.54) is 0 Å². The first-order chi connectivity index (χ1) is 10.3. The van der Waals surface area contributed by atoms with Crippen LogP contribution in [0.15, 0.2) is 18.5 Å². The molecule has 2 aromatic heterocycles. The normalized spacial score (nSPS) is 11.8. The molecule has 0 aliphatic rings. The highest BCUT2D eigenvalue weighted by atomic mass is 19.4. The van der Waals surface area contributed by atoms with E-state index in [0.717, 1.165) is 12.4 Å². The van der Waals surface area contributed by atoms with Gasteiger partial charge in [0.15, 0.2) is 0 Å². The number of nitrogens with zero attached hydrogens (tertiary/aromatic N) is 4. The number of ether oxygens (including phenoxy) is 1. The van der Waals surface area contributed by atoms with Crippen LogP contribution in [0.5, 0.6) is 6.01 Å². The van der Waals surface area contributed by atoms with Crippen LogP contribution in [0.2, 0.25) is 0 Å². The Labute approximate surface area is 124 Å². The van der Waals surface area contributed by atoms with Crippen LogP contribution in [-0.4, -0.2) is 26.0 Å². The van der Waals surface area contributed by atoms with Crippen molar-refractivity contribution in [3.8, 4) is 17.3 Å². The third kappa shape index (κ3) is 3.88. The molecule has 0 saturated carbocycles. The van der Waals surface area contributed by atoms with Gasteiger partial charge in [0.25, 0.3) is 0 Å². The minimum atomic E-state index is -4.58. The van der Waals surface area contributed by atoms with E-state index in [1.54, 1.807) is 19.9 Å². The summed E-state index contributed by atoms with van der Waals surface area (Å²) in [5.41, 5.74) is 6.72. The maximum absolute atomic E-state index is 12.5. The number of aromatic nitrogens is 4. The Kier molecular flexibility index (Phi) is 4.55. The van der Waals surface area contributed by atoms with Crippen LogP contribution in [0.3, 0.4) is 0 Å². The summed E-state index contributed by atoms with van der Waals surface area (Å²) in [4.78, 5) is 14.8. The van der Waals surface area contributed by atoms with Gasteiger partial charge in [-0.15, -0.1) is 0 Å². The molecule has 0 radical (unpaired) electrons. The molecular weight excluding hydrogens is 299 g/mol. The van der Waals surface area contributed by atoms with Gasteiger partial charge in [-0.25, -0.2) is 9.97 Å². The highest BCUT2D eigenvalue weighted by Gasteiger charge is 2.34. The molecule has 0 aliphatic heterocycles. The Morgan fingerprint density at radius 2 is 1.82 bits per heavy atom. The van der Waals surface area contributed by atoms with Crippen LogP contribution in [0.4, 0.5) is 13.2 Å². The predicted octanol–water partition coefficient (Wildman–Crippen LogP) is 2.20. The van der Waals surface area contributed by atoms with E-state index < -0.39 is 12.0 Å². The van der Waals surface area contributed by atoms with E-state index in [0.29, 0.717) is 17.0 Å². The third-order valence-corrected chi connectivity index (χ3v) is 2.51. The number of hydrogen-bond acceptors (Lipinski definition) is 6. The van der Waals surface area contributed by atoms with Crippen LogP contribution >= 0.6 is 0 Å². The second-order valence-electron chi connectivity index (χ2n) is 4.69. The van der Waals surface area contributed by atoms with Crippen molar-refractivity contribution >= 4 is 0 Å². The van der Waals surface area contributed by atoms with Crippen LogP contribution in [0.25, 0.3) is 11.3 Å². The van der Waals surface area contributed by atoms with Gasteiger partial charge in [0, 0.05) is 24.5 Å². The lowest BCUT2D eigenvalue weighted by Gasteiger charge is -2.11. The van der Waals surface area contributed by atoms with E-state index in [9.17, 15) is 13.2 Å². The molecule has 0 bridgehead atoms. The summed E-state index contributed by atoms with van der Waals surface area (Å²) in [5, 5.41) is 0. The Balaban J connectivity index is 2.38. The molecule has 2 rings (SSSR count). The monoisotopic (exact) mass is 313 g/mol. The molecule has 0 atom stereocenters. The maximum Gasteiger partial charge on any atom is 0.451 e. The topological polar surface area (TPSA) is 86.8 Å². The maximum atomic E-state index is 12.5. The average molecular weight is 313 g/mol. The van der Waals surface area contributed by atoms with Crippen molar-refractivity contribution in [2.24, 2.45) is 5.73 Å². The van der Waals surface area contributed by atoms with Crippen LogP contribution in [0, 0.1) is 0 Å². The van der Waals surface area contributed by atoms with Gasteiger partial charge in [0.1, 0.15) is 0 Å². The van der Waals surface area contributed by atoms with E-state index in [2.05, 4.69) is 19.9 Å². The second kappa shape index (κ2) is 6.22. The van der Waals surface area contributed by atoms with Crippen molar-refractivity contribution in [3.05, 3.63) is 30.0 Å². The number of hydrogen-bond donors (Lipinski definition) is 1. The van der Waals surface area contributed by atoms with Gasteiger partial charge in [-0.1, -0.05) is 0 Å². The summed E-state index contributed by atoms with van der Waals surface area (Å²) >= 11 is 0. The molecule has 9 heteroatoms. The van der Waals surface area contributed by atoms with Gasteiger partial charge < -0.3 is 10.5 Å². The predicted molar refractivity (Wildman–Crippen MR) is 71.7 cm³/mol. The first kappa shape index (κ1) is 16.1. The largest absolute Gasteiger partial charge is 0.461 e. The van der Waals surface area contributed by atoms with Gasteiger partial charge in [-0.3, -0.25) is 0 Å². The van der Waals surface area contributed by atoms with Crippen LogP contribution in [0.1, 0.15) is 25.4 Å². The quantitative estimate of drug-likeness (QED) is 0.931. The molecule has 0 aliphatic carbocycles. The Bertz CT molecular complexity index is 643. The lowest BCUT2D eigenvalue weighted by atomic mass is 10.2. The highest BCUT2D eigenvalue weighted by molar-refractivity contribution is 5.57. The summed E-state index contributed by atoms with van der Waals surface area (Å²) in [6, 6.07) is 1.66. The van der Waals surface area contributed by atoms with E-state index >= 15 is 0 Å². The highest BCUT2D eigenvalue weighted by Crippen LogP contribution is 2.27. The van der Waals surface area contributed by atoms with Gasteiger partial charge in [0.05, 0.1) is 17.5 Å². The van der Waals surface area contributed by atoms with Crippen molar-refractivity contribution in [1.82, 2.24) is 19.9 Å². The van der Waals surface area contributed by atoms with Crippen LogP contribution in [-0.2, 0) is 12.7 Å². The molecule has 22 heavy (non-hydrogen) atoms. The number of nitrogens with two attached hydrogens (primary N) is 1. The molecule has 0 saturated heterocycles. The molecule has 0 fully saturated rings. The van der Waals surface area contributed by atoms with Crippen LogP contribution < -0.4 is 10.5 Å². The number of halogens is 3. The molecule has 0 spiro atoms. The fraction of sp³-hybridized carbons (Fsp3) is 0.385. The molecule has 2 N–H and O–H groups in total. The van der Waals surface area contributed by atoms with Gasteiger partial charge in [0.2, 0.25) is 5.82 Å². The minimum Gasteiger partial charge on any atom is -0.461 e. The molecular formula is C13H14F3N5O. The molecule has 6 nitrogen and oxygen atoms in total. The number of alkyl halides is 3. The zero-order valence-electron chi connectivity index (χ0n) is 11.9. The summed E-state index contributed by atoms with van der Waals surface area (Å²) < 4.78 is 42.8. The first-order valence-corrected chi connectivity index (χ1v) is 6.44. The Morgan fingerprint density at radius 3 is 2.32 bits per heavy atom. The standard InChI is InChI=1S/C13H14F3N5O/c1-7(2)22-12-20-9(4-17)3-10(21-12)8-5-18-11(19-6-8)13(14,15)16/h3,5-7H,4,17H2,1-2H3. The summed E-state index contributed by atoms with van der Waals surface area (Å²) in [6.07, 6.45) is -2.63. The van der Waals surface area contributed by atoms with E-state index in [-0.39, 0.29) is 18.7 Å². The van der Waals surface area contributed by atoms with Gasteiger partial charge >= 0.3 is 12.2 Å². The van der Waals surface area contributed by atoms with Crippen molar-refractivity contribution in [2.45, 2.75) is 32.7 Å². The molecule has 0 aromatic carbocycles. The molecule has 118 valence electrons. The fourth-order valence-corrected chi connectivity index (χ4v) is 1.60. The zero-order chi connectivity index (χ0) is 16.3. The fourth-order valence-electron chi connectivity index (χ4n) is 1.60. The second-order valence-corrected chi connectivity index (χ2v) is 4.69. The summed E-state index contributed by atoms with van der Waals surface area (Å²) in [7, 11) is 0. The van der Waals surface area contributed by atoms with Gasteiger partial charge in [-0.05, 0) is 19.9 Å². The average Bonchev–Trinajstić information content (AvgIpc) is 2.45. The van der Waals surface area contributed by atoms with E-state index in [4.69, 9.17) is 10.5 Å². The Hall–Kier alpha value is -2.29. The lowest BCUT2D eigenvalue weighted by Crippen LogP contribution is -2.12. The van der Waals surface area contributed by atoms with Crippen molar-refractivity contribution < 1.29 is 17.9 Å². The van der Waals surface area contributed by atoms with Crippen molar-refractivity contribution in [2.75, 3.05) is 0 Å². The summed E-state index contributed by atoms with van der Waals surface area (Å²) in [6.45, 7) is 3.75. The molecule has 2 heterocycles. The third-order valence-electron chi connectivity index (χ3n) is 2.51. The molecule has 0 amide bonds. The first-order valence-electron chi connectivity index (χ1n) is 6.44. The van der Waals surface area contributed by atoms with Crippen molar-refractivity contribution in [1.29, 1.82) is 0 Å². The zero-order valence-corrected chi connectivity index (χ0v) is 11.9. The van der Waals surface area contributed by atoms with Gasteiger partial charge in [-0.2, -0.15) is 23.1 Å². The molecule has 2 aromatic rings. The smallest absolute Gasteiger partial charge is 0.451 e. The minimum absolute atomic E-state index is 0.104. The van der Waals surface area contributed by atoms with E-state index in [1.807, 2.05) is 0 Å². The summed E-state index contributed by atoms with van der Waals surface area (Å²) in [5.74, 6) is -1.21. The number of rotatable bonds is 4. The molecule has 0 unspecified atom stereocenters.